The first-order valence-corrected chi connectivity index (χ1v) is 14.8. The molecule has 1 amide bonds. The molecule has 0 spiro atoms. The van der Waals surface area contributed by atoms with Gasteiger partial charge in [-0.1, -0.05) is 36.4 Å². The molecule has 1 N–H and O–H groups in total. The molecule has 0 aliphatic rings. The molecule has 40 heavy (non-hydrogen) atoms. The Bertz CT molecular complexity index is 1770. The lowest BCUT2D eigenvalue weighted by molar-refractivity contribution is -0.116. The highest BCUT2D eigenvalue weighted by molar-refractivity contribution is 7.90. The lowest BCUT2D eigenvalue weighted by atomic mass is 9.83. The lowest BCUT2D eigenvalue weighted by Crippen LogP contribution is -2.41. The molecule has 1 heterocycles. The smallest absolute Gasteiger partial charge is 0.252 e. The molecule has 7 heteroatoms. The van der Waals surface area contributed by atoms with Gasteiger partial charge in [0.1, 0.15) is 0 Å². The summed E-state index contributed by atoms with van der Waals surface area (Å²) in [6.07, 6.45) is 4.71. The lowest BCUT2D eigenvalue weighted by Gasteiger charge is -2.22. The van der Waals surface area contributed by atoms with Gasteiger partial charge < -0.3 is 5.32 Å². The molecular weight excluding hydrogens is 518 g/mol. The average Bonchev–Trinajstić information content (AvgIpc) is 2.90. The van der Waals surface area contributed by atoms with Crippen molar-refractivity contribution in [2.75, 3.05) is 6.26 Å². The highest BCUT2D eigenvalue weighted by Gasteiger charge is 2.23. The van der Waals surface area contributed by atoms with Gasteiger partial charge in [0.25, 0.3) is 5.91 Å². The average molecular weight is 552 g/mol. The van der Waals surface area contributed by atoms with Crippen LogP contribution in [0, 0.1) is 11.3 Å². The van der Waals surface area contributed by atoms with Crippen LogP contribution < -0.4 is 5.32 Å². The van der Waals surface area contributed by atoms with Gasteiger partial charge in [0.15, 0.2) is 9.84 Å². The van der Waals surface area contributed by atoms with E-state index in [2.05, 4.69) is 16.4 Å². The van der Waals surface area contributed by atoms with Crippen molar-refractivity contribution in [2.45, 2.75) is 50.5 Å². The molecule has 0 radical (unpaired) electrons. The van der Waals surface area contributed by atoms with Crippen molar-refractivity contribution in [2.24, 2.45) is 0 Å². The second-order valence-corrected chi connectivity index (χ2v) is 13.5. The van der Waals surface area contributed by atoms with E-state index in [4.69, 9.17) is 0 Å². The van der Waals surface area contributed by atoms with Crippen LogP contribution in [0.25, 0.3) is 33.7 Å². The molecule has 0 unspecified atom stereocenters. The zero-order valence-corrected chi connectivity index (χ0v) is 24.4. The standard InChI is InChI=1S/C33H33N3O3S/c1-32(2,3)36-31(37)29(23-12-14-27(15-13-23)40(6,38)39)18-22-9-7-10-24(17-22)28-20-26(33(4,5)21-34)19-25-11-8-16-35-30(25)28/h7-20H,1-6H3,(H,36,37). The Labute approximate surface area is 236 Å². The van der Waals surface area contributed by atoms with E-state index in [0.29, 0.717) is 11.1 Å². The van der Waals surface area contributed by atoms with Crippen LogP contribution in [0.5, 0.6) is 0 Å². The minimum atomic E-state index is -3.37. The first kappa shape index (κ1) is 28.7. The summed E-state index contributed by atoms with van der Waals surface area (Å²) < 4.78 is 24.0. The molecule has 3 aromatic carbocycles. The van der Waals surface area contributed by atoms with Gasteiger partial charge in [-0.3, -0.25) is 9.78 Å². The Morgan fingerprint density at radius 1 is 0.950 bits per heavy atom. The third kappa shape index (κ3) is 6.47. The highest BCUT2D eigenvalue weighted by atomic mass is 32.2. The number of hydrogen-bond donors (Lipinski definition) is 1. The zero-order valence-electron chi connectivity index (χ0n) is 23.6. The summed E-state index contributed by atoms with van der Waals surface area (Å²) in [5.41, 5.74) is 4.15. The fourth-order valence-corrected chi connectivity index (χ4v) is 5.00. The number of carbonyl (C=O) groups is 1. The quantitative estimate of drug-likeness (QED) is 0.216. The van der Waals surface area contributed by atoms with E-state index in [1.807, 2.05) is 83.1 Å². The predicted molar refractivity (Wildman–Crippen MR) is 161 cm³/mol. The molecule has 0 saturated carbocycles. The van der Waals surface area contributed by atoms with Gasteiger partial charge in [0.05, 0.1) is 21.9 Å². The number of amides is 1. The fourth-order valence-electron chi connectivity index (χ4n) is 4.37. The molecule has 4 rings (SSSR count). The van der Waals surface area contributed by atoms with Crippen LogP contribution in [0.4, 0.5) is 0 Å². The van der Waals surface area contributed by atoms with Crippen molar-refractivity contribution in [1.82, 2.24) is 10.3 Å². The maximum Gasteiger partial charge on any atom is 0.252 e. The number of rotatable bonds is 6. The van der Waals surface area contributed by atoms with Crippen LogP contribution in [-0.4, -0.2) is 31.1 Å². The van der Waals surface area contributed by atoms with Gasteiger partial charge in [-0.25, -0.2) is 8.42 Å². The van der Waals surface area contributed by atoms with Crippen LogP contribution in [0.3, 0.4) is 0 Å². The second-order valence-electron chi connectivity index (χ2n) is 11.5. The van der Waals surface area contributed by atoms with Crippen LogP contribution in [0.15, 0.2) is 83.9 Å². The number of aromatic nitrogens is 1. The largest absolute Gasteiger partial charge is 0.347 e. The normalized spacial score (nSPS) is 12.7. The number of nitriles is 1. The Morgan fingerprint density at radius 2 is 1.65 bits per heavy atom. The number of nitrogens with one attached hydrogen (secondary N) is 1. The zero-order chi connectivity index (χ0) is 29.3. The fraction of sp³-hybridized carbons (Fsp3) is 0.242. The van der Waals surface area contributed by atoms with Gasteiger partial charge in [-0.05, 0) is 99.3 Å². The summed E-state index contributed by atoms with van der Waals surface area (Å²) >= 11 is 0. The minimum absolute atomic E-state index is 0.188. The van der Waals surface area contributed by atoms with Gasteiger partial charge >= 0.3 is 0 Å². The van der Waals surface area contributed by atoms with Crippen molar-refractivity contribution < 1.29 is 13.2 Å². The molecule has 0 bridgehead atoms. The summed E-state index contributed by atoms with van der Waals surface area (Å²) in [6, 6.07) is 24.4. The number of fused-ring (bicyclic) bond motifs is 1. The Kier molecular flexibility index (Phi) is 7.69. The first-order valence-electron chi connectivity index (χ1n) is 12.9. The SMILES string of the molecule is CC(C)(C)NC(=O)C(=Cc1cccc(-c2cc(C(C)(C)C#N)cc3cccnc23)c1)c1ccc(S(C)(=O)=O)cc1. The van der Waals surface area contributed by atoms with Crippen molar-refractivity contribution in [3.05, 3.63) is 95.7 Å². The summed E-state index contributed by atoms with van der Waals surface area (Å²) in [4.78, 5) is 18.2. The molecule has 0 fully saturated rings. The predicted octanol–water partition coefficient (Wildman–Crippen LogP) is 6.56. The molecule has 1 aromatic heterocycles. The van der Waals surface area contributed by atoms with Crippen molar-refractivity contribution in [1.29, 1.82) is 5.26 Å². The molecule has 6 nitrogen and oxygen atoms in total. The molecule has 0 atom stereocenters. The van der Waals surface area contributed by atoms with Gasteiger partial charge in [0, 0.05) is 34.5 Å². The van der Waals surface area contributed by atoms with Gasteiger partial charge in [-0.2, -0.15) is 5.26 Å². The Morgan fingerprint density at radius 3 is 2.27 bits per heavy atom. The maximum atomic E-state index is 13.4. The molecule has 0 aliphatic carbocycles. The van der Waals surface area contributed by atoms with Crippen LogP contribution in [-0.2, 0) is 20.0 Å². The van der Waals surface area contributed by atoms with Gasteiger partial charge in [-0.15, -0.1) is 0 Å². The Hall–Kier alpha value is -4.28. The number of pyridine rings is 1. The number of nitrogens with zero attached hydrogens (tertiary/aromatic N) is 2. The van der Waals surface area contributed by atoms with Crippen LogP contribution in [0.1, 0.15) is 51.3 Å². The monoisotopic (exact) mass is 551 g/mol. The van der Waals surface area contributed by atoms with E-state index in [-0.39, 0.29) is 10.8 Å². The summed E-state index contributed by atoms with van der Waals surface area (Å²) in [7, 11) is -3.37. The summed E-state index contributed by atoms with van der Waals surface area (Å²) in [6.45, 7) is 9.50. The molecule has 0 saturated heterocycles. The summed E-state index contributed by atoms with van der Waals surface area (Å²) in [5, 5.41) is 13.7. The number of benzene rings is 3. The van der Waals surface area contributed by atoms with E-state index in [9.17, 15) is 18.5 Å². The topological polar surface area (TPSA) is 99.9 Å². The third-order valence-electron chi connectivity index (χ3n) is 6.54. The molecular formula is C33H33N3O3S. The van der Waals surface area contributed by atoms with Crippen molar-refractivity contribution in [3.63, 3.8) is 0 Å². The highest BCUT2D eigenvalue weighted by Crippen LogP contribution is 2.34. The Balaban J connectivity index is 1.87. The van der Waals surface area contributed by atoms with E-state index < -0.39 is 20.8 Å². The minimum Gasteiger partial charge on any atom is -0.347 e. The van der Waals surface area contributed by atoms with E-state index in [1.165, 1.54) is 12.1 Å². The number of sulfone groups is 1. The first-order chi connectivity index (χ1) is 18.7. The van der Waals surface area contributed by atoms with E-state index in [1.54, 1.807) is 24.4 Å². The van der Waals surface area contributed by atoms with Crippen molar-refractivity contribution >= 4 is 38.3 Å². The third-order valence-corrected chi connectivity index (χ3v) is 7.67. The van der Waals surface area contributed by atoms with Crippen molar-refractivity contribution in [3.8, 4) is 17.2 Å². The number of hydrogen-bond acceptors (Lipinski definition) is 5. The molecule has 0 aliphatic heterocycles. The van der Waals surface area contributed by atoms with Crippen LogP contribution in [0.2, 0.25) is 0 Å². The van der Waals surface area contributed by atoms with Crippen LogP contribution >= 0.6 is 0 Å². The van der Waals surface area contributed by atoms with E-state index >= 15 is 0 Å². The summed E-state index contributed by atoms with van der Waals surface area (Å²) in [5.74, 6) is -0.269. The molecule has 4 aromatic rings. The second kappa shape index (κ2) is 10.7. The maximum absolute atomic E-state index is 13.4. The number of carbonyl (C=O) groups excluding carboxylic acids is 1. The molecule has 204 valence electrons. The van der Waals surface area contributed by atoms with Gasteiger partial charge in [0.2, 0.25) is 0 Å². The van der Waals surface area contributed by atoms with E-state index in [0.717, 1.165) is 39.4 Å².